The molecule has 0 aliphatic carbocycles. The van der Waals surface area contributed by atoms with Crippen molar-refractivity contribution in [1.82, 2.24) is 4.57 Å². The quantitative estimate of drug-likeness (QED) is 0.314. The van der Waals surface area contributed by atoms with Crippen LogP contribution in [0.2, 0.25) is 0 Å². The highest BCUT2D eigenvalue weighted by Gasteiger charge is 2.32. The fraction of sp³-hybridized carbons (Fsp3) is 0.258. The monoisotopic (exact) mass is 632 g/mol. The number of furan rings is 1. The Hall–Kier alpha value is -3.89. The number of allylic oxidation sites excluding steroid dienone is 1. The Morgan fingerprint density at radius 3 is 2.56 bits per heavy atom. The van der Waals surface area contributed by atoms with Crippen molar-refractivity contribution in [1.29, 1.82) is 0 Å². The molecule has 2 aliphatic rings. The summed E-state index contributed by atoms with van der Waals surface area (Å²) < 4.78 is 14.5. The summed E-state index contributed by atoms with van der Waals surface area (Å²) in [5.74, 6) is 1.75. The smallest absolute Gasteiger partial charge is 0.271 e. The van der Waals surface area contributed by atoms with Crippen LogP contribution in [0.5, 0.6) is 5.75 Å². The van der Waals surface area contributed by atoms with Gasteiger partial charge < -0.3 is 19.4 Å². The molecule has 2 aliphatic heterocycles. The van der Waals surface area contributed by atoms with Gasteiger partial charge in [0.25, 0.3) is 11.5 Å². The van der Waals surface area contributed by atoms with Crippen molar-refractivity contribution in [3.8, 4) is 5.75 Å². The first-order valence-corrected chi connectivity index (χ1v) is 15.1. The third-order valence-electron chi connectivity index (χ3n) is 7.33. The minimum Gasteiger partial charge on any atom is -0.497 e. The van der Waals surface area contributed by atoms with E-state index in [2.05, 4.69) is 26.1 Å². The molecule has 1 amide bonds. The van der Waals surface area contributed by atoms with Crippen molar-refractivity contribution in [2.24, 2.45) is 4.99 Å². The van der Waals surface area contributed by atoms with Gasteiger partial charge in [-0.1, -0.05) is 41.7 Å². The summed E-state index contributed by atoms with van der Waals surface area (Å²) in [6.45, 7) is 3.70. The van der Waals surface area contributed by atoms with Crippen LogP contribution in [0.15, 0.2) is 90.6 Å². The Kier molecular flexibility index (Phi) is 7.68. The van der Waals surface area contributed by atoms with Gasteiger partial charge in [0, 0.05) is 30.9 Å². The summed E-state index contributed by atoms with van der Waals surface area (Å²) >= 11 is 4.92. The van der Waals surface area contributed by atoms with Gasteiger partial charge >= 0.3 is 0 Å². The fourth-order valence-corrected chi connectivity index (χ4v) is 6.91. The fourth-order valence-electron chi connectivity index (χ4n) is 5.32. The molecule has 8 nitrogen and oxygen atoms in total. The minimum absolute atomic E-state index is 0.237. The van der Waals surface area contributed by atoms with E-state index in [4.69, 9.17) is 14.1 Å². The summed E-state index contributed by atoms with van der Waals surface area (Å²) in [6.07, 6.45) is 5.25. The number of benzene rings is 2. The molecule has 0 saturated carbocycles. The predicted molar refractivity (Wildman–Crippen MR) is 164 cm³/mol. The van der Waals surface area contributed by atoms with Gasteiger partial charge in [0.1, 0.15) is 11.5 Å². The third kappa shape index (κ3) is 5.41. The standard InChI is InChI=1S/C31H29BrN4O4S/c1-19-26(28(37)34-21-9-5-3-6-10-21)27(20-11-13-22(39-2)14-12-20)36-29(38)25(41-31(36)33-19)18-23-17-24(32)30(40-23)35-15-7-4-8-16-35/h3,5-6,9-14,17-18,27H,4,7-8,15-16H2,1-2H3,(H,34,37)/b25-18+/t27-/m0/s1. The maximum atomic E-state index is 14.0. The number of piperidine rings is 1. The van der Waals surface area contributed by atoms with Crippen LogP contribution < -0.4 is 29.8 Å². The number of amides is 1. The Balaban J connectivity index is 1.44. The predicted octanol–water partition coefficient (Wildman–Crippen LogP) is 5.23. The van der Waals surface area contributed by atoms with Gasteiger partial charge in [-0.25, -0.2) is 4.99 Å². The van der Waals surface area contributed by atoms with Crippen LogP contribution in [0.4, 0.5) is 11.6 Å². The molecule has 6 rings (SSSR count). The summed E-state index contributed by atoms with van der Waals surface area (Å²) in [6, 6.07) is 17.9. The normalized spacial score (nSPS) is 17.3. The summed E-state index contributed by atoms with van der Waals surface area (Å²) in [5, 5.41) is 2.98. The van der Waals surface area contributed by atoms with Crippen molar-refractivity contribution in [3.63, 3.8) is 0 Å². The zero-order valence-electron chi connectivity index (χ0n) is 22.7. The highest BCUT2D eigenvalue weighted by molar-refractivity contribution is 9.10. The maximum absolute atomic E-state index is 14.0. The number of carbonyl (C=O) groups is 1. The summed E-state index contributed by atoms with van der Waals surface area (Å²) in [7, 11) is 1.60. The molecule has 0 unspecified atom stereocenters. The van der Waals surface area contributed by atoms with Crippen LogP contribution in [-0.2, 0) is 4.79 Å². The van der Waals surface area contributed by atoms with Crippen molar-refractivity contribution in [2.75, 3.05) is 30.4 Å². The Bertz CT molecular complexity index is 1800. The van der Waals surface area contributed by atoms with Gasteiger partial charge in [0.15, 0.2) is 4.80 Å². The van der Waals surface area contributed by atoms with Crippen molar-refractivity contribution >= 4 is 50.8 Å². The molecule has 2 aromatic heterocycles. The first-order chi connectivity index (χ1) is 19.9. The molecule has 4 heterocycles. The Morgan fingerprint density at radius 1 is 1.12 bits per heavy atom. The molecule has 1 fully saturated rings. The molecule has 1 N–H and O–H groups in total. The minimum atomic E-state index is -0.671. The number of hydrogen-bond donors (Lipinski definition) is 1. The van der Waals surface area contributed by atoms with E-state index in [-0.39, 0.29) is 11.5 Å². The van der Waals surface area contributed by atoms with Gasteiger partial charge in [-0.15, -0.1) is 0 Å². The van der Waals surface area contributed by atoms with E-state index < -0.39 is 6.04 Å². The van der Waals surface area contributed by atoms with Crippen LogP contribution >= 0.6 is 27.3 Å². The molecule has 1 saturated heterocycles. The van der Waals surface area contributed by atoms with Crippen molar-refractivity contribution in [3.05, 3.63) is 107 Å². The number of aromatic nitrogens is 1. The van der Waals surface area contributed by atoms with E-state index in [9.17, 15) is 9.59 Å². The second-order valence-corrected chi connectivity index (χ2v) is 11.9. The van der Waals surface area contributed by atoms with E-state index in [1.54, 1.807) is 17.8 Å². The number of nitrogens with zero attached hydrogens (tertiary/aromatic N) is 3. The average Bonchev–Trinajstić information content (AvgIpc) is 3.51. The van der Waals surface area contributed by atoms with E-state index >= 15 is 0 Å². The van der Waals surface area contributed by atoms with E-state index in [0.29, 0.717) is 37.8 Å². The number of hydrogen-bond acceptors (Lipinski definition) is 7. The SMILES string of the molecule is COc1ccc([C@H]2C(C(=O)Nc3ccccc3)=C(C)N=c3s/c(=C/c4cc(Br)c(N5CCCCC5)o4)c(=O)n32)cc1. The molecule has 1 atom stereocenters. The number of anilines is 2. The average molecular weight is 634 g/mol. The number of halogens is 1. The van der Waals surface area contributed by atoms with Gasteiger partial charge in [-0.3, -0.25) is 14.2 Å². The van der Waals surface area contributed by atoms with Crippen molar-refractivity contribution in [2.45, 2.75) is 32.2 Å². The van der Waals surface area contributed by atoms with Gasteiger partial charge in [0.05, 0.1) is 33.4 Å². The van der Waals surface area contributed by atoms with Crippen LogP contribution in [-0.4, -0.2) is 30.7 Å². The molecule has 0 bridgehead atoms. The first kappa shape index (κ1) is 27.3. The molecular weight excluding hydrogens is 604 g/mol. The number of carbonyl (C=O) groups excluding carboxylic acids is 1. The number of ether oxygens (including phenoxy) is 1. The van der Waals surface area contributed by atoms with Gasteiger partial charge in [0.2, 0.25) is 5.88 Å². The number of fused-ring (bicyclic) bond motifs is 1. The number of thiazole rings is 1. The molecule has 2 aromatic carbocycles. The number of nitrogens with one attached hydrogen (secondary N) is 1. The number of para-hydroxylation sites is 1. The molecule has 0 spiro atoms. The third-order valence-corrected chi connectivity index (χ3v) is 8.89. The zero-order valence-corrected chi connectivity index (χ0v) is 25.1. The lowest BCUT2D eigenvalue weighted by atomic mass is 9.95. The highest BCUT2D eigenvalue weighted by atomic mass is 79.9. The Labute approximate surface area is 249 Å². The summed E-state index contributed by atoms with van der Waals surface area (Å²) in [4.78, 5) is 35.2. The zero-order chi connectivity index (χ0) is 28.5. The second-order valence-electron chi connectivity index (χ2n) is 10.0. The topological polar surface area (TPSA) is 89.1 Å². The number of methoxy groups -OCH3 is 1. The molecule has 210 valence electrons. The summed E-state index contributed by atoms with van der Waals surface area (Å²) in [5.41, 5.74) is 2.17. The van der Waals surface area contributed by atoms with E-state index in [1.165, 1.54) is 17.8 Å². The lowest BCUT2D eigenvalue weighted by molar-refractivity contribution is -0.113. The van der Waals surface area contributed by atoms with Crippen LogP contribution in [0.3, 0.4) is 0 Å². The van der Waals surface area contributed by atoms with Crippen LogP contribution in [0.25, 0.3) is 6.08 Å². The molecule has 0 radical (unpaired) electrons. The molecule has 10 heteroatoms. The second kappa shape index (κ2) is 11.5. The lowest BCUT2D eigenvalue weighted by Crippen LogP contribution is -2.40. The van der Waals surface area contributed by atoms with Crippen LogP contribution in [0, 0.1) is 0 Å². The number of rotatable bonds is 6. The molecule has 41 heavy (non-hydrogen) atoms. The van der Waals surface area contributed by atoms with Crippen LogP contribution in [0.1, 0.15) is 43.6 Å². The van der Waals surface area contributed by atoms with Crippen molar-refractivity contribution < 1.29 is 13.9 Å². The largest absolute Gasteiger partial charge is 0.497 e. The van der Waals surface area contributed by atoms with Gasteiger partial charge in [-0.2, -0.15) is 0 Å². The Morgan fingerprint density at radius 2 is 1.85 bits per heavy atom. The first-order valence-electron chi connectivity index (χ1n) is 13.5. The van der Waals surface area contributed by atoms with Gasteiger partial charge in [-0.05, 0) is 71.9 Å². The highest BCUT2D eigenvalue weighted by Crippen LogP contribution is 2.33. The molecule has 4 aromatic rings. The lowest BCUT2D eigenvalue weighted by Gasteiger charge is -2.26. The molecular formula is C31H29BrN4O4S. The van der Waals surface area contributed by atoms with E-state index in [0.717, 1.165) is 41.9 Å². The maximum Gasteiger partial charge on any atom is 0.271 e. The van der Waals surface area contributed by atoms with E-state index in [1.807, 2.05) is 67.6 Å².